The van der Waals surface area contributed by atoms with E-state index in [2.05, 4.69) is 26.0 Å². The van der Waals surface area contributed by atoms with Gasteiger partial charge in [0, 0.05) is 34.6 Å². The number of hydrogen-bond donors (Lipinski definition) is 0. The fourth-order valence-corrected chi connectivity index (χ4v) is 4.21. The van der Waals surface area contributed by atoms with Crippen molar-refractivity contribution in [2.75, 3.05) is 32.9 Å². The standard InChI is InChI=1S/C25H26BrN5O6/c1-25(2,3)24-28-19-8-7-17(26)13-18(19)23(33)30(24)27-14-16-5-4-6-20(31(34)35)22(16)37-15-21(32)29-9-11-36-12-10-29/h4-8,13-14H,9-12,15H2,1-3H3. The molecule has 1 saturated heterocycles. The Bertz CT molecular complexity index is 1440. The van der Waals surface area contributed by atoms with Gasteiger partial charge in [-0.25, -0.2) is 4.98 Å². The second-order valence-electron chi connectivity index (χ2n) is 9.44. The number of nitro benzene ring substituents is 1. The van der Waals surface area contributed by atoms with Crippen molar-refractivity contribution in [2.45, 2.75) is 26.2 Å². The molecule has 0 atom stereocenters. The van der Waals surface area contributed by atoms with E-state index in [-0.39, 0.29) is 35.1 Å². The van der Waals surface area contributed by atoms with Gasteiger partial charge in [-0.05, 0) is 24.3 Å². The van der Waals surface area contributed by atoms with Gasteiger partial charge in [-0.3, -0.25) is 19.7 Å². The Morgan fingerprint density at radius 1 is 1.27 bits per heavy atom. The number of halogens is 1. The van der Waals surface area contributed by atoms with Crippen LogP contribution >= 0.6 is 15.9 Å². The van der Waals surface area contributed by atoms with Gasteiger partial charge in [0.25, 0.3) is 11.5 Å². The summed E-state index contributed by atoms with van der Waals surface area (Å²) in [6.45, 7) is 7.05. The molecule has 12 heteroatoms. The zero-order valence-corrected chi connectivity index (χ0v) is 22.2. The van der Waals surface area contributed by atoms with Crippen LogP contribution in [0.25, 0.3) is 10.9 Å². The highest BCUT2D eigenvalue weighted by Crippen LogP contribution is 2.30. The van der Waals surface area contributed by atoms with Crippen molar-refractivity contribution in [1.82, 2.24) is 14.6 Å². The smallest absolute Gasteiger partial charge is 0.311 e. The van der Waals surface area contributed by atoms with Gasteiger partial charge in [0.05, 0.1) is 35.3 Å². The quantitative estimate of drug-likeness (QED) is 0.251. The lowest BCUT2D eigenvalue weighted by atomic mass is 9.95. The summed E-state index contributed by atoms with van der Waals surface area (Å²) >= 11 is 3.38. The van der Waals surface area contributed by atoms with Crippen LogP contribution in [0.4, 0.5) is 5.69 Å². The van der Waals surface area contributed by atoms with E-state index in [4.69, 9.17) is 9.47 Å². The van der Waals surface area contributed by atoms with Crippen molar-refractivity contribution < 1.29 is 19.2 Å². The summed E-state index contributed by atoms with van der Waals surface area (Å²) in [5.41, 5.74) is -0.467. The van der Waals surface area contributed by atoms with Crippen LogP contribution in [0.3, 0.4) is 0 Å². The van der Waals surface area contributed by atoms with Crippen LogP contribution in [-0.2, 0) is 14.9 Å². The molecule has 0 radical (unpaired) electrons. The van der Waals surface area contributed by atoms with Gasteiger partial charge in [-0.1, -0.05) is 42.8 Å². The lowest BCUT2D eigenvalue weighted by molar-refractivity contribution is -0.385. The number of rotatable bonds is 6. The summed E-state index contributed by atoms with van der Waals surface area (Å²) in [6.07, 6.45) is 1.31. The molecule has 11 nitrogen and oxygen atoms in total. The van der Waals surface area contributed by atoms with Gasteiger partial charge < -0.3 is 14.4 Å². The number of carbonyl (C=O) groups is 1. The molecule has 0 unspecified atom stereocenters. The number of para-hydroxylation sites is 1. The van der Waals surface area contributed by atoms with Gasteiger partial charge in [-0.2, -0.15) is 9.78 Å². The molecule has 4 rings (SSSR count). The third-order valence-electron chi connectivity index (χ3n) is 5.72. The second-order valence-corrected chi connectivity index (χ2v) is 10.4. The molecule has 1 aliphatic rings. The maximum atomic E-state index is 13.4. The first kappa shape index (κ1) is 26.4. The summed E-state index contributed by atoms with van der Waals surface area (Å²) in [4.78, 5) is 43.4. The van der Waals surface area contributed by atoms with Crippen molar-refractivity contribution in [1.29, 1.82) is 0 Å². The van der Waals surface area contributed by atoms with E-state index in [9.17, 15) is 19.7 Å². The molecule has 2 aromatic carbocycles. The van der Waals surface area contributed by atoms with Gasteiger partial charge in [0.1, 0.15) is 5.82 Å². The molecule has 0 saturated carbocycles. The summed E-state index contributed by atoms with van der Waals surface area (Å²) < 4.78 is 12.8. The van der Waals surface area contributed by atoms with E-state index in [1.54, 1.807) is 29.2 Å². The number of benzene rings is 2. The molecular formula is C25H26BrN5O6. The Morgan fingerprint density at radius 3 is 2.68 bits per heavy atom. The van der Waals surface area contributed by atoms with Gasteiger partial charge in [0.2, 0.25) is 5.75 Å². The summed E-state index contributed by atoms with van der Waals surface area (Å²) in [5, 5.41) is 16.5. The number of amides is 1. The number of hydrogen-bond acceptors (Lipinski definition) is 8. The largest absolute Gasteiger partial charge is 0.476 e. The van der Waals surface area contributed by atoms with Crippen molar-refractivity contribution in [3.8, 4) is 5.75 Å². The SMILES string of the molecule is CC(C)(C)c1nc2ccc(Br)cc2c(=O)n1N=Cc1cccc([N+](=O)[O-])c1OCC(=O)N1CCOCC1. The molecular weight excluding hydrogens is 546 g/mol. The molecule has 0 spiro atoms. The first-order valence-electron chi connectivity index (χ1n) is 11.6. The van der Waals surface area contributed by atoms with E-state index in [0.717, 1.165) is 4.47 Å². The maximum absolute atomic E-state index is 13.4. The van der Waals surface area contributed by atoms with Crippen molar-refractivity contribution in [2.24, 2.45) is 5.10 Å². The molecule has 1 aliphatic heterocycles. The number of ether oxygens (including phenoxy) is 2. The Labute approximate surface area is 221 Å². The molecule has 2 heterocycles. The van der Waals surface area contributed by atoms with Crippen LogP contribution in [0.1, 0.15) is 32.2 Å². The van der Waals surface area contributed by atoms with Crippen molar-refractivity contribution in [3.05, 3.63) is 72.7 Å². The number of nitrogens with zero attached hydrogens (tertiary/aromatic N) is 5. The normalized spacial score (nSPS) is 14.3. The van der Waals surface area contributed by atoms with E-state index in [1.807, 2.05) is 20.8 Å². The number of morpholine rings is 1. The maximum Gasteiger partial charge on any atom is 0.311 e. The topological polar surface area (TPSA) is 129 Å². The zero-order valence-electron chi connectivity index (χ0n) is 20.6. The summed E-state index contributed by atoms with van der Waals surface area (Å²) in [6, 6.07) is 9.56. The predicted molar refractivity (Wildman–Crippen MR) is 141 cm³/mol. The predicted octanol–water partition coefficient (Wildman–Crippen LogP) is 3.48. The highest BCUT2D eigenvalue weighted by molar-refractivity contribution is 9.10. The average molecular weight is 572 g/mol. The van der Waals surface area contributed by atoms with Gasteiger partial charge in [0.15, 0.2) is 6.61 Å². The second kappa shape index (κ2) is 10.8. The number of aromatic nitrogens is 2. The van der Waals surface area contributed by atoms with E-state index >= 15 is 0 Å². The molecule has 37 heavy (non-hydrogen) atoms. The molecule has 194 valence electrons. The highest BCUT2D eigenvalue weighted by atomic mass is 79.9. The molecule has 0 bridgehead atoms. The fraction of sp³-hybridized carbons (Fsp3) is 0.360. The molecule has 1 fully saturated rings. The van der Waals surface area contributed by atoms with Crippen LogP contribution in [0.2, 0.25) is 0 Å². The highest BCUT2D eigenvalue weighted by Gasteiger charge is 2.25. The third kappa shape index (κ3) is 5.86. The Hall–Kier alpha value is -3.64. The number of carbonyl (C=O) groups excluding carboxylic acids is 1. The third-order valence-corrected chi connectivity index (χ3v) is 6.21. The van der Waals surface area contributed by atoms with Crippen LogP contribution in [0.5, 0.6) is 5.75 Å². The first-order chi connectivity index (χ1) is 17.6. The fourth-order valence-electron chi connectivity index (χ4n) is 3.84. The van der Waals surface area contributed by atoms with Crippen LogP contribution in [-0.4, -0.2) is 64.5 Å². The van der Waals surface area contributed by atoms with Crippen LogP contribution < -0.4 is 10.3 Å². The van der Waals surface area contributed by atoms with E-state index < -0.39 is 10.3 Å². The molecule has 0 aliphatic carbocycles. The van der Waals surface area contributed by atoms with Crippen LogP contribution in [0.15, 0.2) is 50.8 Å². The molecule has 1 aromatic heterocycles. The monoisotopic (exact) mass is 571 g/mol. The minimum absolute atomic E-state index is 0.111. The minimum atomic E-state index is -0.590. The number of nitro groups is 1. The molecule has 1 amide bonds. The molecule has 0 N–H and O–H groups in total. The summed E-state index contributed by atoms with van der Waals surface area (Å²) in [7, 11) is 0. The van der Waals surface area contributed by atoms with Crippen LogP contribution in [0, 0.1) is 10.1 Å². The molecule has 3 aromatic rings. The lowest BCUT2D eigenvalue weighted by Gasteiger charge is -2.26. The lowest BCUT2D eigenvalue weighted by Crippen LogP contribution is -2.43. The van der Waals surface area contributed by atoms with Crippen molar-refractivity contribution >= 4 is 44.6 Å². The van der Waals surface area contributed by atoms with E-state index in [0.29, 0.717) is 43.0 Å². The van der Waals surface area contributed by atoms with Crippen molar-refractivity contribution in [3.63, 3.8) is 0 Å². The summed E-state index contributed by atoms with van der Waals surface area (Å²) in [5.74, 6) is -0.00133. The average Bonchev–Trinajstić information content (AvgIpc) is 2.86. The Morgan fingerprint density at radius 2 is 2.00 bits per heavy atom. The number of fused-ring (bicyclic) bond motifs is 1. The Balaban J connectivity index is 1.75. The van der Waals surface area contributed by atoms with E-state index in [1.165, 1.54) is 23.0 Å². The van der Waals surface area contributed by atoms with Gasteiger partial charge >= 0.3 is 5.69 Å². The zero-order chi connectivity index (χ0) is 26.7. The van der Waals surface area contributed by atoms with Gasteiger partial charge in [-0.15, -0.1) is 0 Å². The first-order valence-corrected chi connectivity index (χ1v) is 12.4. The Kier molecular flexibility index (Phi) is 7.69. The minimum Gasteiger partial charge on any atom is -0.476 e.